The topological polar surface area (TPSA) is 55.6 Å². The number of rotatable bonds is 3. The maximum atomic E-state index is 12.6. The van der Waals surface area contributed by atoms with Crippen molar-refractivity contribution in [2.75, 3.05) is 19.7 Å². The molecule has 1 fully saturated rings. The fraction of sp³-hybridized carbons (Fsp3) is 0.353. The van der Waals surface area contributed by atoms with E-state index in [2.05, 4.69) is 0 Å². The first-order valence-electron chi connectivity index (χ1n) is 7.41. The Morgan fingerprint density at radius 2 is 2.14 bits per heavy atom. The number of hydrogen-bond acceptors (Lipinski definition) is 4. The molecule has 0 spiro atoms. The Kier molecular flexibility index (Phi) is 4.57. The molecule has 5 heteroatoms. The number of amides is 1. The van der Waals surface area contributed by atoms with Gasteiger partial charge in [-0.3, -0.25) is 4.79 Å². The van der Waals surface area contributed by atoms with Gasteiger partial charge in [0.05, 0.1) is 13.2 Å². The number of ether oxygens (including phenoxy) is 1. The monoisotopic (exact) mass is 316 g/mol. The Morgan fingerprint density at radius 3 is 2.82 bits per heavy atom. The van der Waals surface area contributed by atoms with Crippen LogP contribution < -0.4 is 5.73 Å². The predicted octanol–water partition coefficient (Wildman–Crippen LogP) is 2.66. The van der Waals surface area contributed by atoms with Crippen molar-refractivity contribution >= 4 is 17.2 Å². The molecule has 2 unspecified atom stereocenters. The summed E-state index contributed by atoms with van der Waals surface area (Å²) in [5.41, 5.74) is 8.17. The van der Waals surface area contributed by atoms with E-state index in [1.54, 1.807) is 11.3 Å². The number of nitrogens with zero attached hydrogens (tertiary/aromatic N) is 1. The molecule has 1 amide bonds. The maximum absolute atomic E-state index is 12.6. The molecule has 0 saturated carbocycles. The highest BCUT2D eigenvalue weighted by molar-refractivity contribution is 7.10. The zero-order chi connectivity index (χ0) is 15.5. The first-order valence-corrected chi connectivity index (χ1v) is 8.29. The number of morpholine rings is 1. The molecule has 0 radical (unpaired) electrons. The van der Waals surface area contributed by atoms with Crippen molar-refractivity contribution in [3.63, 3.8) is 0 Å². The van der Waals surface area contributed by atoms with Crippen molar-refractivity contribution in [2.24, 2.45) is 5.73 Å². The number of nitrogens with two attached hydrogens (primary N) is 1. The molecule has 2 atom stereocenters. The molecule has 116 valence electrons. The van der Waals surface area contributed by atoms with Crippen LogP contribution in [0.2, 0.25) is 0 Å². The van der Waals surface area contributed by atoms with Crippen LogP contribution in [-0.4, -0.2) is 30.5 Å². The molecule has 3 rings (SSSR count). The van der Waals surface area contributed by atoms with Crippen LogP contribution in [0, 0.1) is 6.92 Å². The summed E-state index contributed by atoms with van der Waals surface area (Å²) in [7, 11) is 0. The van der Waals surface area contributed by atoms with Crippen LogP contribution in [0.25, 0.3) is 0 Å². The van der Waals surface area contributed by atoms with Crippen LogP contribution in [-0.2, 0) is 9.53 Å². The van der Waals surface area contributed by atoms with Crippen LogP contribution in [0.5, 0.6) is 0 Å². The van der Waals surface area contributed by atoms with E-state index in [4.69, 9.17) is 10.5 Å². The highest BCUT2D eigenvalue weighted by Gasteiger charge is 2.29. The third-order valence-electron chi connectivity index (χ3n) is 3.94. The summed E-state index contributed by atoms with van der Waals surface area (Å²) in [6.07, 6.45) is -0.0390. The summed E-state index contributed by atoms with van der Waals surface area (Å²) in [6, 6.07) is 11.3. The van der Waals surface area contributed by atoms with Gasteiger partial charge in [0.15, 0.2) is 0 Å². The molecule has 1 aliphatic heterocycles. The van der Waals surface area contributed by atoms with Gasteiger partial charge in [-0.25, -0.2) is 0 Å². The van der Waals surface area contributed by atoms with E-state index >= 15 is 0 Å². The van der Waals surface area contributed by atoms with Crippen LogP contribution >= 0.6 is 11.3 Å². The highest BCUT2D eigenvalue weighted by atomic mass is 32.1. The summed E-state index contributed by atoms with van der Waals surface area (Å²) in [5.74, 6) is -0.0336. The molecule has 1 aromatic heterocycles. The molecule has 2 aromatic rings. The van der Waals surface area contributed by atoms with E-state index in [0.717, 1.165) is 16.0 Å². The number of benzene rings is 1. The third kappa shape index (κ3) is 3.21. The van der Waals surface area contributed by atoms with E-state index in [9.17, 15) is 4.79 Å². The van der Waals surface area contributed by atoms with Gasteiger partial charge >= 0.3 is 0 Å². The lowest BCUT2D eigenvalue weighted by molar-refractivity contribution is -0.140. The van der Waals surface area contributed by atoms with Gasteiger partial charge in [0, 0.05) is 11.4 Å². The second kappa shape index (κ2) is 6.60. The first kappa shape index (κ1) is 15.2. The summed E-state index contributed by atoms with van der Waals surface area (Å²) in [4.78, 5) is 15.6. The van der Waals surface area contributed by atoms with E-state index < -0.39 is 6.04 Å². The first-order chi connectivity index (χ1) is 10.6. The van der Waals surface area contributed by atoms with E-state index in [-0.39, 0.29) is 12.0 Å². The van der Waals surface area contributed by atoms with Gasteiger partial charge in [0.1, 0.15) is 12.1 Å². The lowest BCUT2D eigenvalue weighted by atomic mass is 10.0. The lowest BCUT2D eigenvalue weighted by Crippen LogP contribution is -2.46. The average molecular weight is 316 g/mol. The van der Waals surface area contributed by atoms with E-state index in [1.807, 2.05) is 53.6 Å². The summed E-state index contributed by atoms with van der Waals surface area (Å²) in [5, 5.41) is 2.03. The summed E-state index contributed by atoms with van der Waals surface area (Å²) < 4.78 is 5.78. The summed E-state index contributed by atoms with van der Waals surface area (Å²) in [6.45, 7) is 3.73. The van der Waals surface area contributed by atoms with Gasteiger partial charge < -0.3 is 15.4 Å². The standard InChI is InChI=1S/C17H20N2O2S/c1-12-4-6-13(7-5-12)16(18)17(20)19-8-9-21-14(11-19)15-3-2-10-22-15/h2-7,10,14,16H,8-9,11,18H2,1H3. The molecular weight excluding hydrogens is 296 g/mol. The molecule has 1 saturated heterocycles. The van der Waals surface area contributed by atoms with Gasteiger partial charge in [-0.15, -0.1) is 11.3 Å². The van der Waals surface area contributed by atoms with Crippen molar-refractivity contribution in [1.82, 2.24) is 4.90 Å². The Balaban J connectivity index is 1.70. The number of carbonyl (C=O) groups excluding carboxylic acids is 1. The number of carbonyl (C=O) groups is 1. The van der Waals surface area contributed by atoms with E-state index in [1.165, 1.54) is 0 Å². The fourth-order valence-electron chi connectivity index (χ4n) is 2.61. The number of thiophene rings is 1. The highest BCUT2D eigenvalue weighted by Crippen LogP contribution is 2.27. The molecule has 1 aliphatic rings. The molecule has 4 nitrogen and oxygen atoms in total. The third-order valence-corrected chi connectivity index (χ3v) is 4.91. The molecule has 0 bridgehead atoms. The molecular formula is C17H20N2O2S. The molecule has 22 heavy (non-hydrogen) atoms. The molecule has 2 heterocycles. The largest absolute Gasteiger partial charge is 0.369 e. The van der Waals surface area contributed by atoms with Gasteiger partial charge in [0.25, 0.3) is 0 Å². The fourth-order valence-corrected chi connectivity index (χ4v) is 3.37. The summed E-state index contributed by atoms with van der Waals surface area (Å²) >= 11 is 1.66. The van der Waals surface area contributed by atoms with Gasteiger partial charge in [-0.1, -0.05) is 35.9 Å². The zero-order valence-corrected chi connectivity index (χ0v) is 13.4. The minimum atomic E-state index is -0.609. The number of aryl methyl sites for hydroxylation is 1. The van der Waals surface area contributed by atoms with Crippen molar-refractivity contribution in [3.8, 4) is 0 Å². The zero-order valence-electron chi connectivity index (χ0n) is 12.6. The van der Waals surface area contributed by atoms with Gasteiger partial charge in [-0.05, 0) is 23.9 Å². The minimum absolute atomic E-state index is 0.0336. The van der Waals surface area contributed by atoms with E-state index in [0.29, 0.717) is 19.7 Å². The normalized spacial score (nSPS) is 19.9. The van der Waals surface area contributed by atoms with Crippen molar-refractivity contribution in [2.45, 2.75) is 19.1 Å². The van der Waals surface area contributed by atoms with Crippen LogP contribution in [0.4, 0.5) is 0 Å². The Hall–Kier alpha value is -1.69. The van der Waals surface area contributed by atoms with Crippen LogP contribution in [0.3, 0.4) is 0 Å². The molecule has 1 aromatic carbocycles. The second-order valence-electron chi connectivity index (χ2n) is 5.55. The quantitative estimate of drug-likeness (QED) is 0.947. The maximum Gasteiger partial charge on any atom is 0.244 e. The molecule has 0 aliphatic carbocycles. The van der Waals surface area contributed by atoms with Crippen LogP contribution in [0.15, 0.2) is 41.8 Å². The Morgan fingerprint density at radius 1 is 1.36 bits per heavy atom. The Labute approximate surface area is 134 Å². The molecule has 2 N–H and O–H groups in total. The van der Waals surface area contributed by atoms with Gasteiger partial charge in [-0.2, -0.15) is 0 Å². The van der Waals surface area contributed by atoms with Gasteiger partial charge in [0.2, 0.25) is 5.91 Å². The second-order valence-corrected chi connectivity index (χ2v) is 6.53. The van der Waals surface area contributed by atoms with Crippen molar-refractivity contribution in [3.05, 3.63) is 57.8 Å². The Bertz CT molecular complexity index is 625. The SMILES string of the molecule is Cc1ccc(C(N)C(=O)N2CCOC(c3cccs3)C2)cc1. The predicted molar refractivity (Wildman–Crippen MR) is 87.7 cm³/mol. The lowest BCUT2D eigenvalue weighted by Gasteiger charge is -2.34. The smallest absolute Gasteiger partial charge is 0.244 e. The van der Waals surface area contributed by atoms with Crippen molar-refractivity contribution < 1.29 is 9.53 Å². The van der Waals surface area contributed by atoms with Crippen molar-refractivity contribution in [1.29, 1.82) is 0 Å². The number of hydrogen-bond donors (Lipinski definition) is 1. The van der Waals surface area contributed by atoms with Crippen LogP contribution in [0.1, 0.15) is 28.1 Å². The minimum Gasteiger partial charge on any atom is -0.369 e. The average Bonchev–Trinajstić information content (AvgIpc) is 3.09.